The van der Waals surface area contributed by atoms with Crippen LogP contribution in [0.4, 0.5) is 5.69 Å². The molecule has 0 radical (unpaired) electrons. The van der Waals surface area contributed by atoms with E-state index in [1.54, 1.807) is 18.2 Å². The van der Waals surface area contributed by atoms with Crippen molar-refractivity contribution in [1.82, 2.24) is 4.90 Å². The summed E-state index contributed by atoms with van der Waals surface area (Å²) < 4.78 is 0. The van der Waals surface area contributed by atoms with Crippen LogP contribution in [0.5, 0.6) is 0 Å². The number of hydrogen-bond donors (Lipinski definition) is 1. The first kappa shape index (κ1) is 16.8. The van der Waals surface area contributed by atoms with E-state index in [0.717, 1.165) is 4.90 Å². The summed E-state index contributed by atoms with van der Waals surface area (Å²) in [4.78, 5) is 37.6. The van der Waals surface area contributed by atoms with Crippen LogP contribution in [0.3, 0.4) is 0 Å². The Morgan fingerprint density at radius 3 is 2.46 bits per heavy atom. The first-order chi connectivity index (χ1) is 11.4. The second kappa shape index (κ2) is 6.43. The largest absolute Gasteiger partial charge is 0.323 e. The van der Waals surface area contributed by atoms with E-state index < -0.39 is 24.3 Å². The Labute approximate surface area is 152 Å². The summed E-state index contributed by atoms with van der Waals surface area (Å²) in [5.41, 5.74) is 0.702. The lowest BCUT2D eigenvalue weighted by molar-refractivity contribution is -0.116. The zero-order valence-corrected chi connectivity index (χ0v) is 14.2. The summed E-state index contributed by atoms with van der Waals surface area (Å²) in [5.74, 6) is -1.68. The van der Waals surface area contributed by atoms with E-state index in [1.165, 1.54) is 18.2 Å². The molecule has 0 aromatic heterocycles. The molecule has 0 unspecified atom stereocenters. The summed E-state index contributed by atoms with van der Waals surface area (Å²) >= 11 is 17.7. The van der Waals surface area contributed by atoms with Gasteiger partial charge in [-0.3, -0.25) is 19.3 Å². The number of rotatable bonds is 3. The first-order valence-electron chi connectivity index (χ1n) is 6.78. The molecule has 0 bridgehead atoms. The van der Waals surface area contributed by atoms with E-state index in [4.69, 9.17) is 34.8 Å². The third-order valence-corrected chi connectivity index (χ3v) is 4.51. The molecule has 0 atom stereocenters. The van der Waals surface area contributed by atoms with Crippen molar-refractivity contribution in [1.29, 1.82) is 0 Å². The topological polar surface area (TPSA) is 66.5 Å². The number of fused-ring (bicyclic) bond motifs is 1. The van der Waals surface area contributed by atoms with Crippen molar-refractivity contribution in [3.63, 3.8) is 0 Å². The van der Waals surface area contributed by atoms with E-state index in [0.29, 0.717) is 10.7 Å². The molecule has 3 amide bonds. The number of hydrogen-bond acceptors (Lipinski definition) is 3. The number of benzene rings is 2. The van der Waals surface area contributed by atoms with E-state index in [-0.39, 0.29) is 21.2 Å². The van der Waals surface area contributed by atoms with Crippen molar-refractivity contribution in [2.24, 2.45) is 0 Å². The fourth-order valence-corrected chi connectivity index (χ4v) is 2.86. The molecule has 0 spiro atoms. The Kier molecular flexibility index (Phi) is 4.49. The molecular weight excluding hydrogens is 375 g/mol. The number of amides is 3. The monoisotopic (exact) mass is 382 g/mol. The van der Waals surface area contributed by atoms with Crippen LogP contribution in [0, 0.1) is 0 Å². The van der Waals surface area contributed by atoms with Gasteiger partial charge in [0, 0.05) is 5.02 Å². The minimum absolute atomic E-state index is 0.182. The van der Waals surface area contributed by atoms with E-state index in [1.807, 2.05) is 0 Å². The van der Waals surface area contributed by atoms with Crippen molar-refractivity contribution < 1.29 is 14.4 Å². The zero-order chi connectivity index (χ0) is 17.4. The molecule has 2 aromatic carbocycles. The lowest BCUT2D eigenvalue weighted by Crippen LogP contribution is -2.37. The Balaban J connectivity index is 1.77. The third kappa shape index (κ3) is 2.98. The number of imide groups is 1. The van der Waals surface area contributed by atoms with Crippen LogP contribution in [0.2, 0.25) is 15.1 Å². The van der Waals surface area contributed by atoms with Gasteiger partial charge in [-0.05, 0) is 30.3 Å². The highest BCUT2D eigenvalue weighted by atomic mass is 35.5. The van der Waals surface area contributed by atoms with Crippen molar-refractivity contribution in [2.75, 3.05) is 11.9 Å². The van der Waals surface area contributed by atoms with E-state index >= 15 is 0 Å². The van der Waals surface area contributed by atoms with Gasteiger partial charge >= 0.3 is 0 Å². The molecule has 0 saturated carbocycles. The molecule has 0 aliphatic carbocycles. The van der Waals surface area contributed by atoms with E-state index in [9.17, 15) is 14.4 Å². The van der Waals surface area contributed by atoms with Crippen LogP contribution < -0.4 is 5.32 Å². The number of nitrogens with one attached hydrogen (secondary N) is 1. The standard InChI is InChI=1S/C16H9Cl3N2O3/c17-8-4-5-9-10(6-8)16(24)21(15(9)23)7-13(22)20-12-3-1-2-11(18)14(12)19/h1-6H,7H2,(H,20,22). The predicted molar refractivity (Wildman–Crippen MR) is 91.9 cm³/mol. The molecule has 122 valence electrons. The molecular formula is C16H9Cl3N2O3. The number of carbonyl (C=O) groups excluding carboxylic acids is 3. The van der Waals surface area contributed by atoms with Crippen LogP contribution in [0.15, 0.2) is 36.4 Å². The summed E-state index contributed by atoms with van der Waals surface area (Å²) in [6.07, 6.45) is 0. The zero-order valence-electron chi connectivity index (χ0n) is 12.0. The van der Waals surface area contributed by atoms with Gasteiger partial charge in [-0.25, -0.2) is 0 Å². The maximum absolute atomic E-state index is 12.3. The summed E-state index contributed by atoms with van der Waals surface area (Å²) in [6, 6.07) is 9.14. The maximum atomic E-state index is 12.3. The molecule has 1 aliphatic heterocycles. The molecule has 0 saturated heterocycles. The number of halogens is 3. The fourth-order valence-electron chi connectivity index (χ4n) is 2.34. The highest BCUT2D eigenvalue weighted by molar-refractivity contribution is 6.44. The predicted octanol–water partition coefficient (Wildman–Crippen LogP) is 3.88. The average molecular weight is 384 g/mol. The van der Waals surface area contributed by atoms with Crippen LogP contribution in [0.25, 0.3) is 0 Å². The van der Waals surface area contributed by atoms with Gasteiger partial charge in [0.05, 0.1) is 26.9 Å². The fraction of sp³-hybridized carbons (Fsp3) is 0.0625. The minimum atomic E-state index is -0.570. The molecule has 1 N–H and O–H groups in total. The third-order valence-electron chi connectivity index (χ3n) is 3.46. The highest BCUT2D eigenvalue weighted by Crippen LogP contribution is 2.30. The number of anilines is 1. The maximum Gasteiger partial charge on any atom is 0.262 e. The van der Waals surface area contributed by atoms with Gasteiger partial charge in [0.25, 0.3) is 11.8 Å². The second-order valence-corrected chi connectivity index (χ2v) is 6.26. The van der Waals surface area contributed by atoms with Gasteiger partial charge in [0.15, 0.2) is 0 Å². The lowest BCUT2D eigenvalue weighted by atomic mass is 10.1. The van der Waals surface area contributed by atoms with Gasteiger partial charge in [-0.15, -0.1) is 0 Å². The van der Waals surface area contributed by atoms with Crippen LogP contribution in [-0.4, -0.2) is 29.2 Å². The molecule has 0 fully saturated rings. The number of nitrogens with zero attached hydrogens (tertiary/aromatic N) is 1. The van der Waals surface area contributed by atoms with Crippen molar-refractivity contribution in [3.8, 4) is 0 Å². The first-order valence-corrected chi connectivity index (χ1v) is 7.91. The van der Waals surface area contributed by atoms with Crippen LogP contribution >= 0.6 is 34.8 Å². The summed E-state index contributed by atoms with van der Waals surface area (Å²) in [5, 5.41) is 3.33. The molecule has 24 heavy (non-hydrogen) atoms. The molecule has 1 aliphatic rings. The van der Waals surface area contributed by atoms with Gasteiger partial charge in [-0.1, -0.05) is 40.9 Å². The van der Waals surface area contributed by atoms with Crippen molar-refractivity contribution in [2.45, 2.75) is 0 Å². The van der Waals surface area contributed by atoms with Crippen LogP contribution in [0.1, 0.15) is 20.7 Å². The molecule has 1 heterocycles. The Bertz CT molecular complexity index is 883. The molecule has 8 heteroatoms. The Morgan fingerprint density at radius 1 is 1.00 bits per heavy atom. The van der Waals surface area contributed by atoms with Gasteiger partial charge < -0.3 is 5.32 Å². The average Bonchev–Trinajstić information content (AvgIpc) is 2.76. The van der Waals surface area contributed by atoms with Crippen molar-refractivity contribution >= 4 is 58.2 Å². The normalized spacial score (nSPS) is 13.2. The molecule has 2 aromatic rings. The summed E-state index contributed by atoms with van der Waals surface area (Å²) in [7, 11) is 0. The van der Waals surface area contributed by atoms with Crippen molar-refractivity contribution in [3.05, 3.63) is 62.6 Å². The van der Waals surface area contributed by atoms with Gasteiger partial charge in [-0.2, -0.15) is 0 Å². The smallest absolute Gasteiger partial charge is 0.262 e. The Morgan fingerprint density at radius 2 is 1.71 bits per heavy atom. The SMILES string of the molecule is O=C(CN1C(=O)c2ccc(Cl)cc2C1=O)Nc1cccc(Cl)c1Cl. The lowest BCUT2D eigenvalue weighted by Gasteiger charge is -2.14. The van der Waals surface area contributed by atoms with E-state index in [2.05, 4.69) is 5.32 Å². The van der Waals surface area contributed by atoms with Crippen LogP contribution in [-0.2, 0) is 4.79 Å². The minimum Gasteiger partial charge on any atom is -0.323 e. The van der Waals surface area contributed by atoms with Gasteiger partial charge in [0.2, 0.25) is 5.91 Å². The quantitative estimate of drug-likeness (QED) is 0.818. The number of carbonyl (C=O) groups is 3. The second-order valence-electron chi connectivity index (χ2n) is 5.04. The molecule has 3 rings (SSSR count). The molecule has 5 nitrogen and oxygen atoms in total. The Hall–Kier alpha value is -2.08. The highest BCUT2D eigenvalue weighted by Gasteiger charge is 2.36. The van der Waals surface area contributed by atoms with Gasteiger partial charge in [0.1, 0.15) is 6.54 Å². The summed E-state index contributed by atoms with van der Waals surface area (Å²) in [6.45, 7) is -0.438.